The molecule has 114 valence electrons. The van der Waals surface area contributed by atoms with Crippen LogP contribution >= 0.6 is 11.6 Å². The molecule has 0 N–H and O–H groups in total. The van der Waals surface area contributed by atoms with Crippen LogP contribution < -0.4 is 9.64 Å². The molecule has 1 aromatic heterocycles. The van der Waals surface area contributed by atoms with Crippen LogP contribution in [-0.4, -0.2) is 37.2 Å². The highest BCUT2D eigenvalue weighted by Gasteiger charge is 2.31. The SMILES string of the molecule is COc1ccc2c(N(CCCl)CC(F)(F)F)nccc2c1. The molecule has 1 aromatic carbocycles. The summed E-state index contributed by atoms with van der Waals surface area (Å²) in [5.74, 6) is 0.997. The van der Waals surface area contributed by atoms with Crippen LogP contribution in [0.1, 0.15) is 0 Å². The van der Waals surface area contributed by atoms with Crippen molar-refractivity contribution >= 4 is 28.2 Å². The molecule has 0 atom stereocenters. The fourth-order valence-electron chi connectivity index (χ4n) is 2.10. The standard InChI is InChI=1S/C14H14ClF3N2O/c1-21-11-2-3-12-10(8-11)4-6-19-13(12)20(7-5-15)9-14(16,17)18/h2-4,6,8H,5,7,9H2,1H3. The highest BCUT2D eigenvalue weighted by atomic mass is 35.5. The molecule has 2 rings (SSSR count). The minimum atomic E-state index is -4.32. The lowest BCUT2D eigenvalue weighted by molar-refractivity contribution is -0.119. The maximum Gasteiger partial charge on any atom is 0.405 e. The second-order valence-electron chi connectivity index (χ2n) is 4.45. The first-order valence-electron chi connectivity index (χ1n) is 6.25. The summed E-state index contributed by atoms with van der Waals surface area (Å²) in [6.07, 6.45) is -2.84. The molecule has 0 amide bonds. The summed E-state index contributed by atoms with van der Waals surface area (Å²) in [5, 5.41) is 1.40. The quantitative estimate of drug-likeness (QED) is 0.783. The fraction of sp³-hybridized carbons (Fsp3) is 0.357. The molecule has 0 aliphatic heterocycles. The minimum absolute atomic E-state index is 0.0687. The number of benzene rings is 1. The Labute approximate surface area is 125 Å². The molecule has 0 bridgehead atoms. The van der Waals surface area contributed by atoms with Gasteiger partial charge in [0.15, 0.2) is 0 Å². The van der Waals surface area contributed by atoms with Gasteiger partial charge in [0.2, 0.25) is 0 Å². The summed E-state index contributed by atoms with van der Waals surface area (Å²) in [6, 6.07) is 6.88. The van der Waals surface area contributed by atoms with E-state index in [4.69, 9.17) is 16.3 Å². The van der Waals surface area contributed by atoms with Crippen LogP contribution in [0.2, 0.25) is 0 Å². The van der Waals surface area contributed by atoms with Crippen LogP contribution in [0.4, 0.5) is 19.0 Å². The Morgan fingerprint density at radius 2 is 2.05 bits per heavy atom. The first-order valence-corrected chi connectivity index (χ1v) is 6.78. The Balaban J connectivity index is 2.47. The van der Waals surface area contributed by atoms with Gasteiger partial charge < -0.3 is 9.64 Å². The smallest absolute Gasteiger partial charge is 0.405 e. The van der Waals surface area contributed by atoms with Gasteiger partial charge in [-0.25, -0.2) is 4.98 Å². The maximum absolute atomic E-state index is 12.7. The van der Waals surface area contributed by atoms with E-state index in [1.54, 1.807) is 24.3 Å². The van der Waals surface area contributed by atoms with Gasteiger partial charge in [-0.2, -0.15) is 13.2 Å². The van der Waals surface area contributed by atoms with Crippen LogP contribution in [0.5, 0.6) is 5.75 Å². The van der Waals surface area contributed by atoms with Gasteiger partial charge in [0.25, 0.3) is 0 Å². The molecule has 0 radical (unpaired) electrons. The van der Waals surface area contributed by atoms with Gasteiger partial charge in [0, 0.05) is 24.0 Å². The number of rotatable bonds is 5. The average Bonchev–Trinajstić information content (AvgIpc) is 2.44. The first-order chi connectivity index (χ1) is 9.94. The lowest BCUT2D eigenvalue weighted by Crippen LogP contribution is -2.36. The van der Waals surface area contributed by atoms with Crippen LogP contribution in [0.3, 0.4) is 0 Å². The lowest BCUT2D eigenvalue weighted by atomic mass is 10.1. The zero-order valence-corrected chi connectivity index (χ0v) is 12.1. The number of methoxy groups -OCH3 is 1. The van der Waals surface area contributed by atoms with Crippen molar-refractivity contribution in [3.63, 3.8) is 0 Å². The third kappa shape index (κ3) is 3.91. The number of ether oxygens (including phenoxy) is 1. The summed E-state index contributed by atoms with van der Waals surface area (Å²) >= 11 is 5.62. The van der Waals surface area contributed by atoms with E-state index in [-0.39, 0.29) is 18.2 Å². The lowest BCUT2D eigenvalue weighted by Gasteiger charge is -2.25. The Bertz CT molecular complexity index is 619. The summed E-state index contributed by atoms with van der Waals surface area (Å²) in [6.45, 7) is -1.02. The highest BCUT2D eigenvalue weighted by molar-refractivity contribution is 6.18. The van der Waals surface area contributed by atoms with Crippen LogP contribution in [0.25, 0.3) is 10.8 Å². The van der Waals surface area contributed by atoms with Crippen LogP contribution in [0.15, 0.2) is 30.5 Å². The van der Waals surface area contributed by atoms with E-state index in [0.717, 1.165) is 10.3 Å². The molecule has 3 nitrogen and oxygen atoms in total. The molecule has 1 heterocycles. The number of alkyl halides is 4. The fourth-order valence-corrected chi connectivity index (χ4v) is 2.30. The zero-order valence-electron chi connectivity index (χ0n) is 11.3. The van der Waals surface area contributed by atoms with E-state index in [1.165, 1.54) is 13.3 Å². The summed E-state index contributed by atoms with van der Waals surface area (Å²) < 4.78 is 43.2. The van der Waals surface area contributed by atoms with Gasteiger partial charge in [0.05, 0.1) is 7.11 Å². The Hall–Kier alpha value is -1.69. The van der Waals surface area contributed by atoms with Crippen LogP contribution in [0, 0.1) is 0 Å². The van der Waals surface area contributed by atoms with Gasteiger partial charge in [-0.15, -0.1) is 11.6 Å². The number of pyridine rings is 1. The number of nitrogens with zero attached hydrogens (tertiary/aromatic N) is 2. The number of fused-ring (bicyclic) bond motifs is 1. The summed E-state index contributed by atoms with van der Waals surface area (Å²) in [5.41, 5.74) is 0. The summed E-state index contributed by atoms with van der Waals surface area (Å²) in [4.78, 5) is 5.23. The Morgan fingerprint density at radius 1 is 1.29 bits per heavy atom. The second-order valence-corrected chi connectivity index (χ2v) is 4.83. The topological polar surface area (TPSA) is 25.4 Å². The molecule has 0 aliphatic carbocycles. The third-order valence-corrected chi connectivity index (χ3v) is 3.14. The van der Waals surface area contributed by atoms with Gasteiger partial charge >= 0.3 is 6.18 Å². The molecule has 0 spiro atoms. The van der Waals surface area contributed by atoms with Crippen molar-refractivity contribution in [2.45, 2.75) is 6.18 Å². The van der Waals surface area contributed by atoms with E-state index >= 15 is 0 Å². The Morgan fingerprint density at radius 3 is 2.67 bits per heavy atom. The van der Waals surface area contributed by atoms with E-state index in [0.29, 0.717) is 11.1 Å². The van der Waals surface area contributed by atoms with Gasteiger partial charge in [-0.1, -0.05) is 0 Å². The monoisotopic (exact) mass is 318 g/mol. The highest BCUT2D eigenvalue weighted by Crippen LogP contribution is 2.29. The third-order valence-electron chi connectivity index (χ3n) is 2.97. The van der Waals surface area contributed by atoms with E-state index in [9.17, 15) is 13.2 Å². The zero-order chi connectivity index (χ0) is 15.5. The van der Waals surface area contributed by atoms with Gasteiger partial charge in [-0.3, -0.25) is 0 Å². The molecule has 0 fully saturated rings. The molecule has 0 saturated carbocycles. The molecule has 0 saturated heterocycles. The van der Waals surface area contributed by atoms with Crippen molar-refractivity contribution in [2.75, 3.05) is 31.0 Å². The predicted octanol–water partition coefficient (Wildman–Crippen LogP) is 3.85. The number of anilines is 1. The number of halogens is 4. The number of hydrogen-bond donors (Lipinski definition) is 0. The average molecular weight is 319 g/mol. The van der Waals surface area contributed by atoms with E-state index in [2.05, 4.69) is 4.98 Å². The molecule has 7 heteroatoms. The van der Waals surface area contributed by atoms with Crippen molar-refractivity contribution < 1.29 is 17.9 Å². The van der Waals surface area contributed by atoms with E-state index in [1.807, 2.05) is 0 Å². The minimum Gasteiger partial charge on any atom is -0.497 e. The first kappa shape index (κ1) is 15.7. The number of aromatic nitrogens is 1. The Kier molecular flexibility index (Phi) is 4.77. The molecule has 2 aromatic rings. The normalized spacial score (nSPS) is 11.7. The van der Waals surface area contributed by atoms with Crippen molar-refractivity contribution in [3.05, 3.63) is 30.5 Å². The van der Waals surface area contributed by atoms with Crippen LogP contribution in [-0.2, 0) is 0 Å². The number of hydrogen-bond acceptors (Lipinski definition) is 3. The molecule has 0 unspecified atom stereocenters. The molecular formula is C14H14ClF3N2O. The predicted molar refractivity (Wildman–Crippen MR) is 77.3 cm³/mol. The molecule has 0 aliphatic rings. The van der Waals surface area contributed by atoms with Crippen molar-refractivity contribution in [1.29, 1.82) is 0 Å². The summed E-state index contributed by atoms with van der Waals surface area (Å²) in [7, 11) is 1.53. The van der Waals surface area contributed by atoms with Crippen molar-refractivity contribution in [1.82, 2.24) is 4.98 Å². The molecular weight excluding hydrogens is 305 g/mol. The van der Waals surface area contributed by atoms with Crippen molar-refractivity contribution in [2.24, 2.45) is 0 Å². The maximum atomic E-state index is 12.7. The van der Waals surface area contributed by atoms with Crippen molar-refractivity contribution in [3.8, 4) is 5.75 Å². The second kappa shape index (κ2) is 6.39. The van der Waals surface area contributed by atoms with Gasteiger partial charge in [0.1, 0.15) is 18.1 Å². The molecule has 21 heavy (non-hydrogen) atoms. The van der Waals surface area contributed by atoms with Gasteiger partial charge in [-0.05, 0) is 29.7 Å². The largest absolute Gasteiger partial charge is 0.497 e. The van der Waals surface area contributed by atoms with E-state index < -0.39 is 12.7 Å².